The normalized spacial score (nSPS) is 20.7. The lowest BCUT2D eigenvalue weighted by Crippen LogP contribution is -2.26. The van der Waals surface area contributed by atoms with E-state index in [9.17, 15) is 9.59 Å². The van der Waals surface area contributed by atoms with Gasteiger partial charge >= 0.3 is 5.97 Å². The molecule has 2 N–H and O–H groups in total. The summed E-state index contributed by atoms with van der Waals surface area (Å²) >= 11 is 3.36. The van der Waals surface area contributed by atoms with Crippen LogP contribution in [-0.4, -0.2) is 24.1 Å². The summed E-state index contributed by atoms with van der Waals surface area (Å²) < 4.78 is 6.10. The first-order valence-corrected chi connectivity index (χ1v) is 6.65. The van der Waals surface area contributed by atoms with Gasteiger partial charge in [0.1, 0.15) is 5.75 Å². The molecule has 1 amide bonds. The summed E-state index contributed by atoms with van der Waals surface area (Å²) in [6.07, 6.45) is 0.427. The molecule has 1 saturated carbocycles. The maximum Gasteiger partial charge on any atom is 0.307 e. The minimum Gasteiger partial charge on any atom is -0.496 e. The molecular formula is C13H14BrNO4. The summed E-state index contributed by atoms with van der Waals surface area (Å²) in [6.45, 7) is 0.324. The highest BCUT2D eigenvalue weighted by Gasteiger charge is 2.48. The van der Waals surface area contributed by atoms with Crippen molar-refractivity contribution in [2.75, 3.05) is 7.11 Å². The Bertz CT molecular complexity index is 517. The molecule has 0 bridgehead atoms. The molecule has 0 heterocycles. The van der Waals surface area contributed by atoms with Crippen LogP contribution in [0.5, 0.6) is 5.75 Å². The van der Waals surface area contributed by atoms with E-state index in [0.29, 0.717) is 18.7 Å². The molecule has 2 atom stereocenters. The number of benzene rings is 1. The van der Waals surface area contributed by atoms with Crippen molar-refractivity contribution in [3.8, 4) is 5.75 Å². The number of carbonyl (C=O) groups excluding carboxylic acids is 1. The highest BCUT2D eigenvalue weighted by atomic mass is 79.9. The monoisotopic (exact) mass is 327 g/mol. The van der Waals surface area contributed by atoms with Crippen molar-refractivity contribution in [2.24, 2.45) is 11.8 Å². The molecule has 0 aliphatic heterocycles. The third kappa shape index (κ3) is 3.26. The van der Waals surface area contributed by atoms with Gasteiger partial charge in [0, 0.05) is 16.6 Å². The Hall–Kier alpha value is -1.56. The molecule has 6 heteroatoms. The molecule has 0 aromatic heterocycles. The van der Waals surface area contributed by atoms with Crippen LogP contribution in [0.3, 0.4) is 0 Å². The first-order chi connectivity index (χ1) is 9.02. The minimum absolute atomic E-state index is 0.213. The molecule has 0 unspecified atom stereocenters. The summed E-state index contributed by atoms with van der Waals surface area (Å²) in [5, 5.41) is 11.5. The van der Waals surface area contributed by atoms with E-state index in [-0.39, 0.29) is 5.91 Å². The van der Waals surface area contributed by atoms with Crippen LogP contribution >= 0.6 is 15.9 Å². The Morgan fingerprint density at radius 2 is 2.21 bits per heavy atom. The molecule has 1 aromatic carbocycles. The van der Waals surface area contributed by atoms with Crippen LogP contribution in [0.1, 0.15) is 12.0 Å². The van der Waals surface area contributed by atoms with Crippen molar-refractivity contribution in [1.82, 2.24) is 5.32 Å². The second-order valence-corrected chi connectivity index (χ2v) is 5.38. The molecule has 5 nitrogen and oxygen atoms in total. The molecule has 1 aliphatic rings. The number of carbonyl (C=O) groups is 2. The van der Waals surface area contributed by atoms with Gasteiger partial charge in [-0.2, -0.15) is 0 Å². The fourth-order valence-corrected chi connectivity index (χ4v) is 2.36. The number of amides is 1. The summed E-state index contributed by atoms with van der Waals surface area (Å²) in [4.78, 5) is 22.4. The number of carboxylic acids is 1. The van der Waals surface area contributed by atoms with Crippen molar-refractivity contribution in [3.63, 3.8) is 0 Å². The summed E-state index contributed by atoms with van der Waals surface area (Å²) in [7, 11) is 1.57. The Morgan fingerprint density at radius 1 is 1.47 bits per heavy atom. The van der Waals surface area contributed by atoms with Crippen LogP contribution < -0.4 is 10.1 Å². The van der Waals surface area contributed by atoms with E-state index in [1.165, 1.54) is 0 Å². The lowest BCUT2D eigenvalue weighted by atomic mass is 10.2. The zero-order valence-electron chi connectivity index (χ0n) is 10.4. The Kier molecular flexibility index (Phi) is 4.09. The molecule has 0 radical (unpaired) electrons. The maximum atomic E-state index is 11.8. The fraction of sp³-hybridized carbons (Fsp3) is 0.385. The van der Waals surface area contributed by atoms with Crippen molar-refractivity contribution in [1.29, 1.82) is 0 Å². The third-order valence-electron chi connectivity index (χ3n) is 3.14. The standard InChI is InChI=1S/C13H14BrNO4/c1-19-11-3-2-8(14)4-7(11)6-15-12(16)9-5-10(9)13(17)18/h2-4,9-10H,5-6H2,1H3,(H,15,16)(H,17,18)/t9-,10-/m0/s1. The molecular weight excluding hydrogens is 314 g/mol. The first-order valence-electron chi connectivity index (χ1n) is 5.86. The zero-order valence-corrected chi connectivity index (χ0v) is 11.9. The predicted molar refractivity (Wildman–Crippen MR) is 71.8 cm³/mol. The molecule has 0 spiro atoms. The van der Waals surface area contributed by atoms with E-state index in [1.54, 1.807) is 7.11 Å². The topological polar surface area (TPSA) is 75.6 Å². The average molecular weight is 328 g/mol. The van der Waals surface area contributed by atoms with Gasteiger partial charge in [-0.05, 0) is 24.6 Å². The second-order valence-electron chi connectivity index (χ2n) is 4.46. The summed E-state index contributed by atoms with van der Waals surface area (Å²) in [6, 6.07) is 5.52. The van der Waals surface area contributed by atoms with Crippen LogP contribution in [-0.2, 0) is 16.1 Å². The van der Waals surface area contributed by atoms with E-state index in [1.807, 2.05) is 18.2 Å². The Balaban J connectivity index is 1.94. The highest BCUT2D eigenvalue weighted by Crippen LogP contribution is 2.38. The van der Waals surface area contributed by atoms with E-state index in [2.05, 4.69) is 21.2 Å². The number of methoxy groups -OCH3 is 1. The van der Waals surface area contributed by atoms with Crippen LogP contribution in [0.4, 0.5) is 0 Å². The number of hydrogen-bond donors (Lipinski definition) is 2. The van der Waals surface area contributed by atoms with Gasteiger partial charge in [0.25, 0.3) is 0 Å². The van der Waals surface area contributed by atoms with Crippen molar-refractivity contribution < 1.29 is 19.4 Å². The molecule has 0 saturated heterocycles. The molecule has 19 heavy (non-hydrogen) atoms. The van der Waals surface area contributed by atoms with E-state index >= 15 is 0 Å². The van der Waals surface area contributed by atoms with Gasteiger partial charge in [-0.1, -0.05) is 15.9 Å². The predicted octanol–water partition coefficient (Wildman–Crippen LogP) is 1.79. The average Bonchev–Trinajstić information content (AvgIpc) is 3.16. The zero-order chi connectivity index (χ0) is 14.0. The highest BCUT2D eigenvalue weighted by molar-refractivity contribution is 9.10. The van der Waals surface area contributed by atoms with Crippen LogP contribution in [0.15, 0.2) is 22.7 Å². The number of ether oxygens (including phenoxy) is 1. The Labute approximate surface area is 119 Å². The Morgan fingerprint density at radius 3 is 2.79 bits per heavy atom. The van der Waals surface area contributed by atoms with Gasteiger partial charge < -0.3 is 15.2 Å². The minimum atomic E-state index is -0.903. The number of nitrogens with one attached hydrogen (secondary N) is 1. The molecule has 2 rings (SSSR count). The molecule has 1 aromatic rings. The summed E-state index contributed by atoms with van der Waals surface area (Å²) in [5.74, 6) is -1.34. The van der Waals surface area contributed by atoms with Gasteiger partial charge in [-0.25, -0.2) is 0 Å². The molecule has 102 valence electrons. The van der Waals surface area contributed by atoms with Crippen molar-refractivity contribution in [2.45, 2.75) is 13.0 Å². The first kappa shape index (κ1) is 13.9. The quantitative estimate of drug-likeness (QED) is 0.864. The number of rotatable bonds is 5. The molecule has 1 aliphatic carbocycles. The number of halogens is 1. The smallest absolute Gasteiger partial charge is 0.307 e. The number of carboxylic acid groups (broad SMARTS) is 1. The fourth-order valence-electron chi connectivity index (χ4n) is 1.96. The van der Waals surface area contributed by atoms with Crippen molar-refractivity contribution in [3.05, 3.63) is 28.2 Å². The van der Waals surface area contributed by atoms with Crippen LogP contribution in [0, 0.1) is 11.8 Å². The van der Waals surface area contributed by atoms with Crippen LogP contribution in [0.2, 0.25) is 0 Å². The molecule has 1 fully saturated rings. The van der Waals surface area contributed by atoms with Gasteiger partial charge in [0.2, 0.25) is 5.91 Å². The largest absolute Gasteiger partial charge is 0.496 e. The summed E-state index contributed by atoms with van der Waals surface area (Å²) in [5.41, 5.74) is 0.845. The SMILES string of the molecule is COc1ccc(Br)cc1CNC(=O)[C@H]1C[C@@H]1C(=O)O. The number of hydrogen-bond acceptors (Lipinski definition) is 3. The van der Waals surface area contributed by atoms with Gasteiger partial charge in [0.05, 0.1) is 18.9 Å². The lowest BCUT2D eigenvalue weighted by molar-refractivity contribution is -0.140. The number of aliphatic carboxylic acids is 1. The van der Waals surface area contributed by atoms with Crippen molar-refractivity contribution >= 4 is 27.8 Å². The third-order valence-corrected chi connectivity index (χ3v) is 3.63. The van der Waals surface area contributed by atoms with E-state index in [4.69, 9.17) is 9.84 Å². The lowest BCUT2D eigenvalue weighted by Gasteiger charge is -2.10. The van der Waals surface area contributed by atoms with Crippen LogP contribution in [0.25, 0.3) is 0 Å². The van der Waals surface area contributed by atoms with Gasteiger partial charge in [-0.3, -0.25) is 9.59 Å². The second kappa shape index (κ2) is 5.61. The van der Waals surface area contributed by atoms with Gasteiger partial charge in [-0.15, -0.1) is 0 Å². The van der Waals surface area contributed by atoms with Gasteiger partial charge in [0.15, 0.2) is 0 Å². The van der Waals surface area contributed by atoms with E-state index in [0.717, 1.165) is 10.0 Å². The maximum absolute atomic E-state index is 11.8. The van der Waals surface area contributed by atoms with E-state index < -0.39 is 17.8 Å².